The van der Waals surface area contributed by atoms with Gasteiger partial charge in [0.25, 0.3) is 5.91 Å². The number of anilines is 1. The van der Waals surface area contributed by atoms with Crippen molar-refractivity contribution in [3.8, 4) is 28.1 Å². The SMILES string of the molecule is O=C1CN(c2cccc(-n3cc(-c4ccc(Cl)cc4Cl)nc3Cc3ccc(-c4ccc(CCC5CCCC5)cc4)cc3)c2)S(=O)(=O)N1. The van der Waals surface area contributed by atoms with Crippen LogP contribution in [0.1, 0.15) is 49.1 Å². The Balaban J connectivity index is 1.16. The molecule has 0 radical (unpaired) electrons. The number of hydrogen-bond donors (Lipinski definition) is 1. The van der Waals surface area contributed by atoms with Crippen LogP contribution in [0, 0.1) is 5.92 Å². The van der Waals surface area contributed by atoms with Crippen LogP contribution in [-0.2, 0) is 27.8 Å². The van der Waals surface area contributed by atoms with Crippen LogP contribution in [0.3, 0.4) is 0 Å². The molecule has 0 atom stereocenters. The third-order valence-corrected chi connectivity index (χ3v) is 11.1. The van der Waals surface area contributed by atoms with E-state index in [1.54, 1.807) is 30.3 Å². The van der Waals surface area contributed by atoms with Crippen molar-refractivity contribution in [2.45, 2.75) is 44.9 Å². The van der Waals surface area contributed by atoms with Gasteiger partial charge in [0.2, 0.25) is 0 Å². The standard InChI is InChI=1S/C37H34Cl2N4O3S/c38-30-18-19-33(34(39)21-30)35-23-42(31-6-3-7-32(22-31)43-24-37(44)41-47(43,45)46)36(40-35)20-27-12-16-29(17-13-27)28-14-10-26(11-15-28)9-8-25-4-1-2-5-25/h3,6-7,10-19,21-23,25H,1-2,4-5,8-9,20,24H2,(H,41,44). The van der Waals surface area contributed by atoms with E-state index in [9.17, 15) is 13.2 Å². The number of carbonyl (C=O) groups excluding carboxylic acids is 1. The summed E-state index contributed by atoms with van der Waals surface area (Å²) in [5, 5.41) is 1.00. The molecule has 1 aliphatic heterocycles. The summed E-state index contributed by atoms with van der Waals surface area (Å²) in [6, 6.07) is 29.7. The first-order valence-corrected chi connectivity index (χ1v) is 18.1. The van der Waals surface area contributed by atoms with E-state index in [0.717, 1.165) is 39.2 Å². The average molecular weight is 686 g/mol. The lowest BCUT2D eigenvalue weighted by Crippen LogP contribution is -2.29. The maximum absolute atomic E-state index is 12.6. The second-order valence-corrected chi connectivity index (χ2v) is 14.8. The molecule has 5 aromatic rings. The van der Waals surface area contributed by atoms with Gasteiger partial charge in [-0.25, -0.2) is 14.0 Å². The number of nitrogens with one attached hydrogen (secondary N) is 1. The van der Waals surface area contributed by atoms with E-state index in [1.165, 1.54) is 43.2 Å². The fraction of sp³-hybridized carbons (Fsp3) is 0.243. The van der Waals surface area contributed by atoms with Crippen LogP contribution in [0.2, 0.25) is 10.0 Å². The molecule has 1 saturated carbocycles. The highest BCUT2D eigenvalue weighted by Crippen LogP contribution is 2.33. The summed E-state index contributed by atoms with van der Waals surface area (Å²) < 4.78 is 30.1. The van der Waals surface area contributed by atoms with Gasteiger partial charge >= 0.3 is 10.2 Å². The molecular weight excluding hydrogens is 651 g/mol. The van der Waals surface area contributed by atoms with Crippen molar-refractivity contribution in [3.63, 3.8) is 0 Å². The molecule has 240 valence electrons. The quantitative estimate of drug-likeness (QED) is 0.169. The van der Waals surface area contributed by atoms with Gasteiger partial charge in [-0.2, -0.15) is 8.42 Å². The van der Waals surface area contributed by atoms with Gasteiger partial charge in [-0.1, -0.05) is 103 Å². The highest BCUT2D eigenvalue weighted by Gasteiger charge is 2.34. The zero-order valence-electron chi connectivity index (χ0n) is 25.7. The van der Waals surface area contributed by atoms with Crippen LogP contribution < -0.4 is 9.03 Å². The molecule has 1 aliphatic carbocycles. The molecule has 2 fully saturated rings. The number of aromatic nitrogens is 2. The third-order valence-electron chi connectivity index (χ3n) is 9.12. The Kier molecular flexibility index (Phi) is 8.83. The summed E-state index contributed by atoms with van der Waals surface area (Å²) in [7, 11) is -3.95. The molecule has 0 bridgehead atoms. The molecule has 2 heterocycles. The Morgan fingerprint density at radius 3 is 2.17 bits per heavy atom. The Hall–Kier alpha value is -4.11. The minimum Gasteiger partial charge on any atom is -0.303 e. The first-order valence-electron chi connectivity index (χ1n) is 15.9. The van der Waals surface area contributed by atoms with Crippen molar-refractivity contribution in [3.05, 3.63) is 124 Å². The van der Waals surface area contributed by atoms with Crippen molar-refractivity contribution in [1.82, 2.24) is 14.3 Å². The fourth-order valence-electron chi connectivity index (χ4n) is 6.60. The molecule has 7 rings (SSSR count). The third kappa shape index (κ3) is 6.96. The highest BCUT2D eigenvalue weighted by molar-refractivity contribution is 7.92. The maximum Gasteiger partial charge on any atom is 0.326 e. The summed E-state index contributed by atoms with van der Waals surface area (Å²) >= 11 is 12.7. The molecule has 0 unspecified atom stereocenters. The van der Waals surface area contributed by atoms with Gasteiger partial charge in [0.1, 0.15) is 12.4 Å². The van der Waals surface area contributed by atoms with E-state index < -0.39 is 16.1 Å². The maximum atomic E-state index is 12.6. The highest BCUT2D eigenvalue weighted by atomic mass is 35.5. The Bertz CT molecular complexity index is 2040. The molecule has 10 heteroatoms. The second-order valence-electron chi connectivity index (χ2n) is 12.4. The number of halogens is 2. The smallest absolute Gasteiger partial charge is 0.303 e. The van der Waals surface area contributed by atoms with Gasteiger partial charge in [-0.15, -0.1) is 0 Å². The lowest BCUT2D eigenvalue weighted by Gasteiger charge is -2.16. The van der Waals surface area contributed by atoms with E-state index in [2.05, 4.69) is 48.5 Å². The van der Waals surface area contributed by atoms with Crippen molar-refractivity contribution in [2.75, 3.05) is 10.8 Å². The molecule has 0 spiro atoms. The van der Waals surface area contributed by atoms with Crippen LogP contribution >= 0.6 is 23.2 Å². The summed E-state index contributed by atoms with van der Waals surface area (Å²) in [6.07, 6.45) is 10.4. The Morgan fingerprint density at radius 1 is 0.830 bits per heavy atom. The minimum atomic E-state index is -3.95. The Morgan fingerprint density at radius 2 is 1.51 bits per heavy atom. The van der Waals surface area contributed by atoms with E-state index in [0.29, 0.717) is 33.5 Å². The van der Waals surface area contributed by atoms with Crippen LogP contribution in [0.5, 0.6) is 0 Å². The number of carbonyl (C=O) groups is 1. The van der Waals surface area contributed by atoms with Gasteiger partial charge in [0.15, 0.2) is 0 Å². The van der Waals surface area contributed by atoms with E-state index in [1.807, 2.05) is 27.6 Å². The zero-order valence-corrected chi connectivity index (χ0v) is 28.0. The van der Waals surface area contributed by atoms with Gasteiger partial charge in [-0.05, 0) is 77.4 Å². The number of amides is 1. The first-order chi connectivity index (χ1) is 22.7. The molecule has 2 aliphatic rings. The second kappa shape index (κ2) is 13.2. The van der Waals surface area contributed by atoms with Gasteiger partial charge in [0, 0.05) is 28.9 Å². The Labute approximate surface area is 285 Å². The van der Waals surface area contributed by atoms with Gasteiger partial charge < -0.3 is 4.57 Å². The molecular formula is C37H34Cl2N4O3S. The first kappa shape index (κ1) is 31.5. The minimum absolute atomic E-state index is 0.274. The molecule has 4 aromatic carbocycles. The molecule has 1 N–H and O–H groups in total. The molecule has 47 heavy (non-hydrogen) atoms. The van der Waals surface area contributed by atoms with Crippen molar-refractivity contribution >= 4 is 45.0 Å². The van der Waals surface area contributed by atoms with E-state index in [4.69, 9.17) is 28.2 Å². The number of aryl methyl sites for hydroxylation is 1. The normalized spacial score (nSPS) is 16.1. The number of benzene rings is 4. The molecule has 1 aromatic heterocycles. The number of nitrogens with zero attached hydrogens (tertiary/aromatic N) is 3. The van der Waals surface area contributed by atoms with Gasteiger partial charge in [0.05, 0.1) is 16.4 Å². The lowest BCUT2D eigenvalue weighted by atomic mass is 9.96. The summed E-state index contributed by atoms with van der Waals surface area (Å²) in [6.45, 7) is -0.274. The predicted molar refractivity (Wildman–Crippen MR) is 188 cm³/mol. The topological polar surface area (TPSA) is 84.3 Å². The monoisotopic (exact) mass is 684 g/mol. The predicted octanol–water partition coefficient (Wildman–Crippen LogP) is 8.41. The number of imidazole rings is 1. The van der Waals surface area contributed by atoms with E-state index >= 15 is 0 Å². The number of hydrogen-bond acceptors (Lipinski definition) is 4. The van der Waals surface area contributed by atoms with Crippen LogP contribution in [-0.4, -0.2) is 30.4 Å². The van der Waals surface area contributed by atoms with E-state index in [-0.39, 0.29) is 6.54 Å². The van der Waals surface area contributed by atoms with Crippen molar-refractivity contribution in [2.24, 2.45) is 5.92 Å². The molecule has 1 saturated heterocycles. The largest absolute Gasteiger partial charge is 0.326 e. The average Bonchev–Trinajstić information content (AvgIpc) is 3.79. The summed E-state index contributed by atoms with van der Waals surface area (Å²) in [5.74, 6) is 1.06. The van der Waals surface area contributed by atoms with Crippen LogP contribution in [0.15, 0.2) is 97.2 Å². The fourth-order valence-corrected chi connectivity index (χ4v) is 8.25. The van der Waals surface area contributed by atoms with Gasteiger partial charge in [-0.3, -0.25) is 4.79 Å². The van der Waals surface area contributed by atoms with Crippen molar-refractivity contribution < 1.29 is 13.2 Å². The zero-order chi connectivity index (χ0) is 32.5. The molecule has 1 amide bonds. The summed E-state index contributed by atoms with van der Waals surface area (Å²) in [4.78, 5) is 16.9. The molecule has 7 nitrogen and oxygen atoms in total. The van der Waals surface area contributed by atoms with Crippen molar-refractivity contribution in [1.29, 1.82) is 0 Å². The van der Waals surface area contributed by atoms with Crippen LogP contribution in [0.25, 0.3) is 28.1 Å². The van der Waals surface area contributed by atoms with Crippen LogP contribution in [0.4, 0.5) is 5.69 Å². The summed E-state index contributed by atoms with van der Waals surface area (Å²) in [5.41, 5.74) is 7.25. The number of rotatable bonds is 9. The lowest BCUT2D eigenvalue weighted by molar-refractivity contribution is -0.117.